The Morgan fingerprint density at radius 3 is 2.75 bits per heavy atom. The second kappa shape index (κ2) is 9.82. The zero-order valence-corrected chi connectivity index (χ0v) is 13.9. The lowest BCUT2D eigenvalue weighted by Crippen LogP contribution is -2.31. The predicted octanol–water partition coefficient (Wildman–Crippen LogP) is 2.89. The molecule has 0 amide bonds. The van der Waals surface area contributed by atoms with Crippen LogP contribution in [-0.4, -0.2) is 37.7 Å². The van der Waals surface area contributed by atoms with Crippen LogP contribution in [0.15, 0.2) is 22.7 Å². The Kier molecular flexibility index (Phi) is 8.36. The average Bonchev–Trinajstić information content (AvgIpc) is 2.46. The van der Waals surface area contributed by atoms with Gasteiger partial charge in [-0.05, 0) is 31.3 Å². The highest BCUT2D eigenvalue weighted by Crippen LogP contribution is 2.23. The fourth-order valence-electron chi connectivity index (χ4n) is 1.95. The van der Waals surface area contributed by atoms with E-state index in [1.165, 1.54) is 0 Å². The summed E-state index contributed by atoms with van der Waals surface area (Å²) in [6.45, 7) is 9.64. The van der Waals surface area contributed by atoms with Crippen LogP contribution >= 0.6 is 15.9 Å². The van der Waals surface area contributed by atoms with E-state index in [0.29, 0.717) is 6.61 Å². The van der Waals surface area contributed by atoms with Gasteiger partial charge in [-0.2, -0.15) is 0 Å². The number of terminal acetylenes is 1. The highest BCUT2D eigenvalue weighted by atomic mass is 79.9. The molecule has 0 heterocycles. The Balaban J connectivity index is 2.49. The number of nitrogens with zero attached hydrogens (tertiary/aromatic N) is 1. The van der Waals surface area contributed by atoms with Gasteiger partial charge in [0.05, 0.1) is 0 Å². The predicted molar refractivity (Wildman–Crippen MR) is 88.0 cm³/mol. The van der Waals surface area contributed by atoms with E-state index in [-0.39, 0.29) is 0 Å². The Morgan fingerprint density at radius 2 is 2.10 bits per heavy atom. The first kappa shape index (κ1) is 17.0. The Morgan fingerprint density at radius 1 is 1.35 bits per heavy atom. The first-order valence-electron chi connectivity index (χ1n) is 6.99. The van der Waals surface area contributed by atoms with E-state index in [1.807, 2.05) is 12.1 Å². The van der Waals surface area contributed by atoms with Crippen LogP contribution in [0.25, 0.3) is 0 Å². The summed E-state index contributed by atoms with van der Waals surface area (Å²) in [6, 6.07) is 5.98. The first-order valence-corrected chi connectivity index (χ1v) is 7.78. The largest absolute Gasteiger partial charge is 0.481 e. The number of hydrogen-bond donors (Lipinski definition) is 1. The Labute approximate surface area is 130 Å². The molecule has 0 aliphatic rings. The minimum absolute atomic E-state index is 0.300. The standard InChI is InChI=1S/C16H23BrN2O/c1-4-11-20-16-8-7-15(17)12-14(16)13-18-9-10-19(5-2)6-3/h1,7-8,12,18H,5-6,9-11,13H2,2-3H3. The lowest BCUT2D eigenvalue weighted by atomic mass is 10.2. The van der Waals surface area contributed by atoms with Gasteiger partial charge in [0.15, 0.2) is 0 Å². The third-order valence-electron chi connectivity index (χ3n) is 3.15. The van der Waals surface area contributed by atoms with E-state index >= 15 is 0 Å². The third-order valence-corrected chi connectivity index (χ3v) is 3.64. The summed E-state index contributed by atoms with van der Waals surface area (Å²) in [7, 11) is 0. The van der Waals surface area contributed by atoms with Crippen molar-refractivity contribution in [3.63, 3.8) is 0 Å². The SMILES string of the molecule is C#CCOc1ccc(Br)cc1CNCCN(CC)CC. The number of rotatable bonds is 9. The monoisotopic (exact) mass is 338 g/mol. The Bertz CT molecular complexity index is 439. The highest BCUT2D eigenvalue weighted by molar-refractivity contribution is 9.10. The average molecular weight is 339 g/mol. The fraction of sp³-hybridized carbons (Fsp3) is 0.500. The molecule has 1 rings (SSSR count). The summed E-state index contributed by atoms with van der Waals surface area (Å²) in [5.41, 5.74) is 1.12. The number of likely N-dealkylation sites (N-methyl/N-ethyl adjacent to an activating group) is 1. The molecule has 0 aliphatic carbocycles. The van der Waals surface area contributed by atoms with Crippen LogP contribution in [-0.2, 0) is 6.54 Å². The molecule has 0 atom stereocenters. The number of ether oxygens (including phenoxy) is 1. The number of halogens is 1. The first-order chi connectivity index (χ1) is 9.71. The van der Waals surface area contributed by atoms with Crippen molar-refractivity contribution in [3.05, 3.63) is 28.2 Å². The van der Waals surface area contributed by atoms with Crippen molar-refractivity contribution in [1.82, 2.24) is 10.2 Å². The zero-order chi connectivity index (χ0) is 14.8. The number of benzene rings is 1. The van der Waals surface area contributed by atoms with Crippen LogP contribution in [0, 0.1) is 12.3 Å². The van der Waals surface area contributed by atoms with Crippen LogP contribution in [0.4, 0.5) is 0 Å². The van der Waals surface area contributed by atoms with Gasteiger partial charge in [0, 0.05) is 29.7 Å². The maximum absolute atomic E-state index is 5.55. The van der Waals surface area contributed by atoms with E-state index in [1.54, 1.807) is 0 Å². The molecule has 0 spiro atoms. The van der Waals surface area contributed by atoms with Crippen molar-refractivity contribution in [2.75, 3.05) is 32.8 Å². The van der Waals surface area contributed by atoms with E-state index in [9.17, 15) is 0 Å². The van der Waals surface area contributed by atoms with Crippen LogP contribution < -0.4 is 10.1 Å². The summed E-state index contributed by atoms with van der Waals surface area (Å²) in [4.78, 5) is 2.39. The molecule has 0 bridgehead atoms. The molecule has 0 fully saturated rings. The molecule has 0 saturated heterocycles. The van der Waals surface area contributed by atoms with Crippen molar-refractivity contribution < 1.29 is 4.74 Å². The van der Waals surface area contributed by atoms with Gasteiger partial charge in [0.25, 0.3) is 0 Å². The molecule has 20 heavy (non-hydrogen) atoms. The summed E-state index contributed by atoms with van der Waals surface area (Å²) < 4.78 is 6.60. The van der Waals surface area contributed by atoms with E-state index in [2.05, 4.69) is 52.0 Å². The molecular weight excluding hydrogens is 316 g/mol. The van der Waals surface area contributed by atoms with Crippen molar-refractivity contribution in [2.45, 2.75) is 20.4 Å². The smallest absolute Gasteiger partial charge is 0.148 e. The fourth-order valence-corrected chi connectivity index (χ4v) is 2.35. The van der Waals surface area contributed by atoms with E-state index < -0.39 is 0 Å². The summed E-state index contributed by atoms with van der Waals surface area (Å²) in [5.74, 6) is 3.34. The number of nitrogens with one attached hydrogen (secondary N) is 1. The van der Waals surface area contributed by atoms with Crippen LogP contribution in [0.1, 0.15) is 19.4 Å². The van der Waals surface area contributed by atoms with Gasteiger partial charge in [-0.3, -0.25) is 0 Å². The van der Waals surface area contributed by atoms with Crippen LogP contribution in [0.2, 0.25) is 0 Å². The minimum Gasteiger partial charge on any atom is -0.481 e. The topological polar surface area (TPSA) is 24.5 Å². The zero-order valence-electron chi connectivity index (χ0n) is 12.3. The third kappa shape index (κ3) is 5.96. The van der Waals surface area contributed by atoms with Gasteiger partial charge in [-0.25, -0.2) is 0 Å². The summed E-state index contributed by atoms with van der Waals surface area (Å²) in [5, 5.41) is 3.45. The maximum Gasteiger partial charge on any atom is 0.148 e. The molecular formula is C16H23BrN2O. The van der Waals surface area contributed by atoms with Gasteiger partial charge >= 0.3 is 0 Å². The molecule has 1 aromatic carbocycles. The molecule has 3 nitrogen and oxygen atoms in total. The normalized spacial score (nSPS) is 10.6. The molecule has 0 saturated carbocycles. The van der Waals surface area contributed by atoms with Gasteiger partial charge in [-0.1, -0.05) is 35.7 Å². The minimum atomic E-state index is 0.300. The van der Waals surface area contributed by atoms with Gasteiger partial charge in [-0.15, -0.1) is 6.42 Å². The second-order valence-electron chi connectivity index (χ2n) is 4.45. The number of hydrogen-bond acceptors (Lipinski definition) is 3. The second-order valence-corrected chi connectivity index (χ2v) is 5.36. The van der Waals surface area contributed by atoms with Crippen molar-refractivity contribution in [3.8, 4) is 18.1 Å². The van der Waals surface area contributed by atoms with Crippen molar-refractivity contribution in [2.24, 2.45) is 0 Å². The van der Waals surface area contributed by atoms with Crippen LogP contribution in [0.3, 0.4) is 0 Å². The molecule has 0 aromatic heterocycles. The van der Waals surface area contributed by atoms with E-state index in [4.69, 9.17) is 11.2 Å². The molecule has 0 radical (unpaired) electrons. The lowest BCUT2D eigenvalue weighted by Gasteiger charge is -2.18. The van der Waals surface area contributed by atoms with Crippen molar-refractivity contribution in [1.29, 1.82) is 0 Å². The van der Waals surface area contributed by atoms with Gasteiger partial charge in [0.2, 0.25) is 0 Å². The quantitative estimate of drug-likeness (QED) is 0.553. The lowest BCUT2D eigenvalue weighted by molar-refractivity contribution is 0.301. The van der Waals surface area contributed by atoms with E-state index in [0.717, 1.165) is 48.5 Å². The molecule has 4 heteroatoms. The molecule has 1 N–H and O–H groups in total. The summed E-state index contributed by atoms with van der Waals surface area (Å²) >= 11 is 3.49. The molecule has 110 valence electrons. The molecule has 1 aromatic rings. The van der Waals surface area contributed by atoms with Crippen molar-refractivity contribution >= 4 is 15.9 Å². The van der Waals surface area contributed by atoms with Crippen LogP contribution in [0.5, 0.6) is 5.75 Å². The van der Waals surface area contributed by atoms with Gasteiger partial charge < -0.3 is 15.0 Å². The molecule has 0 aliphatic heterocycles. The summed E-state index contributed by atoms with van der Waals surface area (Å²) in [6.07, 6.45) is 5.24. The maximum atomic E-state index is 5.55. The Hall–Kier alpha value is -1.02. The highest BCUT2D eigenvalue weighted by Gasteiger charge is 2.05. The molecule has 0 unspecified atom stereocenters. The van der Waals surface area contributed by atoms with Gasteiger partial charge in [0.1, 0.15) is 12.4 Å².